The van der Waals surface area contributed by atoms with Crippen LogP contribution in [0.4, 0.5) is 0 Å². The SMILES string of the molecule is O=C(CCc1ccccc1)N1CCOCC1c1ccccc1. The molecular weight excluding hydrogens is 274 g/mol. The molecule has 0 saturated carbocycles. The van der Waals surface area contributed by atoms with Gasteiger partial charge in [-0.3, -0.25) is 4.79 Å². The molecule has 0 aliphatic carbocycles. The molecule has 0 N–H and O–H groups in total. The molecule has 1 aliphatic heterocycles. The highest BCUT2D eigenvalue weighted by molar-refractivity contribution is 5.77. The molecule has 1 atom stereocenters. The number of benzene rings is 2. The van der Waals surface area contributed by atoms with Gasteiger partial charge in [0.2, 0.25) is 5.91 Å². The first-order valence-corrected chi connectivity index (χ1v) is 7.80. The third-order valence-electron chi connectivity index (χ3n) is 4.10. The van der Waals surface area contributed by atoms with Crippen LogP contribution in [0.3, 0.4) is 0 Å². The Labute approximate surface area is 131 Å². The topological polar surface area (TPSA) is 29.5 Å². The molecule has 1 aliphatic rings. The van der Waals surface area contributed by atoms with Crippen molar-refractivity contribution in [1.82, 2.24) is 4.90 Å². The highest BCUT2D eigenvalue weighted by atomic mass is 16.5. The second-order valence-corrected chi connectivity index (χ2v) is 5.57. The van der Waals surface area contributed by atoms with Gasteiger partial charge in [-0.05, 0) is 17.5 Å². The van der Waals surface area contributed by atoms with Crippen LogP contribution in [0.15, 0.2) is 60.7 Å². The van der Waals surface area contributed by atoms with E-state index in [1.165, 1.54) is 5.56 Å². The summed E-state index contributed by atoms with van der Waals surface area (Å²) in [5, 5.41) is 0. The quantitative estimate of drug-likeness (QED) is 0.867. The van der Waals surface area contributed by atoms with Crippen LogP contribution in [-0.4, -0.2) is 30.6 Å². The first kappa shape index (κ1) is 14.8. The molecule has 114 valence electrons. The van der Waals surface area contributed by atoms with Gasteiger partial charge in [0.25, 0.3) is 0 Å². The predicted octanol–water partition coefficient (Wildman–Crippen LogP) is 3.22. The molecule has 2 aromatic carbocycles. The van der Waals surface area contributed by atoms with Crippen LogP contribution in [0.25, 0.3) is 0 Å². The van der Waals surface area contributed by atoms with Crippen LogP contribution in [0.1, 0.15) is 23.6 Å². The minimum Gasteiger partial charge on any atom is -0.377 e. The maximum absolute atomic E-state index is 12.6. The van der Waals surface area contributed by atoms with Crippen LogP contribution in [-0.2, 0) is 16.0 Å². The summed E-state index contributed by atoms with van der Waals surface area (Å²) < 4.78 is 5.59. The number of carbonyl (C=O) groups is 1. The Morgan fingerprint density at radius 2 is 1.73 bits per heavy atom. The largest absolute Gasteiger partial charge is 0.377 e. The lowest BCUT2D eigenvalue weighted by Gasteiger charge is -2.36. The number of amides is 1. The van der Waals surface area contributed by atoms with E-state index in [1.54, 1.807) is 0 Å². The van der Waals surface area contributed by atoms with Crippen LogP contribution in [0.5, 0.6) is 0 Å². The van der Waals surface area contributed by atoms with Crippen LogP contribution < -0.4 is 0 Å². The molecule has 1 fully saturated rings. The van der Waals surface area contributed by atoms with Crippen LogP contribution >= 0.6 is 0 Å². The van der Waals surface area contributed by atoms with Gasteiger partial charge >= 0.3 is 0 Å². The standard InChI is InChI=1S/C19H21NO2/c21-19(12-11-16-7-3-1-4-8-16)20-13-14-22-15-18(20)17-9-5-2-6-10-17/h1-10,18H,11-15H2. The molecule has 0 bridgehead atoms. The van der Waals surface area contributed by atoms with Crippen molar-refractivity contribution < 1.29 is 9.53 Å². The van der Waals surface area contributed by atoms with E-state index in [0.717, 1.165) is 12.0 Å². The monoisotopic (exact) mass is 295 g/mol. The Balaban J connectivity index is 1.66. The second kappa shape index (κ2) is 7.23. The summed E-state index contributed by atoms with van der Waals surface area (Å²) in [7, 11) is 0. The molecule has 1 saturated heterocycles. The van der Waals surface area contributed by atoms with E-state index in [1.807, 2.05) is 41.3 Å². The number of nitrogens with zero attached hydrogens (tertiary/aromatic N) is 1. The molecule has 22 heavy (non-hydrogen) atoms. The minimum atomic E-state index is 0.0400. The molecule has 3 nitrogen and oxygen atoms in total. The number of carbonyl (C=O) groups excluding carboxylic acids is 1. The Morgan fingerprint density at radius 1 is 1.05 bits per heavy atom. The molecule has 0 radical (unpaired) electrons. The zero-order valence-electron chi connectivity index (χ0n) is 12.7. The van der Waals surface area contributed by atoms with Crippen molar-refractivity contribution >= 4 is 5.91 Å². The summed E-state index contributed by atoms with van der Waals surface area (Å²) in [6.45, 7) is 1.88. The smallest absolute Gasteiger partial charge is 0.223 e. The number of hydrogen-bond acceptors (Lipinski definition) is 2. The summed E-state index contributed by atoms with van der Waals surface area (Å²) in [4.78, 5) is 14.6. The van der Waals surface area contributed by atoms with Gasteiger partial charge in [-0.15, -0.1) is 0 Å². The second-order valence-electron chi connectivity index (χ2n) is 5.57. The van der Waals surface area contributed by atoms with Gasteiger partial charge in [0.1, 0.15) is 0 Å². The fourth-order valence-corrected chi connectivity index (χ4v) is 2.89. The van der Waals surface area contributed by atoms with Gasteiger partial charge in [0, 0.05) is 13.0 Å². The van der Waals surface area contributed by atoms with E-state index >= 15 is 0 Å². The fourth-order valence-electron chi connectivity index (χ4n) is 2.89. The average molecular weight is 295 g/mol. The predicted molar refractivity (Wildman–Crippen MR) is 86.5 cm³/mol. The highest BCUT2D eigenvalue weighted by Gasteiger charge is 2.27. The van der Waals surface area contributed by atoms with Crippen molar-refractivity contribution in [3.8, 4) is 0 Å². The molecule has 2 aromatic rings. The lowest BCUT2D eigenvalue weighted by Crippen LogP contribution is -2.43. The van der Waals surface area contributed by atoms with E-state index in [0.29, 0.717) is 26.2 Å². The molecular formula is C19H21NO2. The number of ether oxygens (including phenoxy) is 1. The number of hydrogen-bond donors (Lipinski definition) is 0. The summed E-state index contributed by atoms with van der Waals surface area (Å²) >= 11 is 0. The number of morpholine rings is 1. The highest BCUT2D eigenvalue weighted by Crippen LogP contribution is 2.25. The van der Waals surface area contributed by atoms with Crippen molar-refractivity contribution in [2.75, 3.05) is 19.8 Å². The van der Waals surface area contributed by atoms with Crippen molar-refractivity contribution in [3.05, 3.63) is 71.8 Å². The van der Waals surface area contributed by atoms with Gasteiger partial charge < -0.3 is 9.64 Å². The first-order valence-electron chi connectivity index (χ1n) is 7.80. The van der Waals surface area contributed by atoms with Gasteiger partial charge in [0.05, 0.1) is 19.3 Å². The number of aryl methyl sites for hydroxylation is 1. The normalized spacial score (nSPS) is 18.2. The molecule has 1 amide bonds. The van der Waals surface area contributed by atoms with Crippen LogP contribution in [0, 0.1) is 0 Å². The van der Waals surface area contributed by atoms with Crippen molar-refractivity contribution in [2.45, 2.75) is 18.9 Å². The average Bonchev–Trinajstić information content (AvgIpc) is 2.61. The van der Waals surface area contributed by atoms with Gasteiger partial charge in [-0.2, -0.15) is 0 Å². The zero-order valence-corrected chi connectivity index (χ0v) is 12.7. The van der Waals surface area contributed by atoms with Gasteiger partial charge in [0.15, 0.2) is 0 Å². The summed E-state index contributed by atoms with van der Waals surface area (Å²) in [5.41, 5.74) is 2.36. The maximum atomic E-state index is 12.6. The Kier molecular flexibility index (Phi) is 4.86. The van der Waals surface area contributed by atoms with Gasteiger partial charge in [-0.1, -0.05) is 60.7 Å². The lowest BCUT2D eigenvalue weighted by molar-refractivity contribution is -0.140. The van der Waals surface area contributed by atoms with Crippen molar-refractivity contribution in [2.24, 2.45) is 0 Å². The summed E-state index contributed by atoms with van der Waals surface area (Å²) in [5.74, 6) is 0.209. The van der Waals surface area contributed by atoms with Gasteiger partial charge in [-0.25, -0.2) is 0 Å². The zero-order chi connectivity index (χ0) is 15.2. The Morgan fingerprint density at radius 3 is 2.45 bits per heavy atom. The molecule has 0 spiro atoms. The fraction of sp³-hybridized carbons (Fsp3) is 0.316. The van der Waals surface area contributed by atoms with E-state index in [9.17, 15) is 4.79 Å². The minimum absolute atomic E-state index is 0.0400. The number of rotatable bonds is 4. The Bertz CT molecular complexity index is 597. The third kappa shape index (κ3) is 3.55. The van der Waals surface area contributed by atoms with E-state index in [2.05, 4.69) is 24.3 Å². The molecule has 1 unspecified atom stereocenters. The van der Waals surface area contributed by atoms with E-state index in [-0.39, 0.29) is 11.9 Å². The van der Waals surface area contributed by atoms with Crippen molar-refractivity contribution in [1.29, 1.82) is 0 Å². The van der Waals surface area contributed by atoms with Crippen LogP contribution in [0.2, 0.25) is 0 Å². The molecule has 3 heteroatoms. The van der Waals surface area contributed by atoms with Crippen molar-refractivity contribution in [3.63, 3.8) is 0 Å². The van der Waals surface area contributed by atoms with E-state index < -0.39 is 0 Å². The molecule has 0 aromatic heterocycles. The lowest BCUT2D eigenvalue weighted by atomic mass is 10.0. The third-order valence-corrected chi connectivity index (χ3v) is 4.10. The maximum Gasteiger partial charge on any atom is 0.223 e. The molecule has 1 heterocycles. The first-order chi connectivity index (χ1) is 10.8. The van der Waals surface area contributed by atoms with E-state index in [4.69, 9.17) is 4.74 Å². The molecule has 3 rings (SSSR count). The summed E-state index contributed by atoms with van der Waals surface area (Å²) in [6, 6.07) is 20.4. The summed E-state index contributed by atoms with van der Waals surface area (Å²) in [6.07, 6.45) is 1.34. The Hall–Kier alpha value is -2.13.